The van der Waals surface area contributed by atoms with Crippen molar-refractivity contribution >= 4 is 27.7 Å². The van der Waals surface area contributed by atoms with Crippen LogP contribution in [0.25, 0.3) is 0 Å². The van der Waals surface area contributed by atoms with Crippen molar-refractivity contribution in [2.75, 3.05) is 31.1 Å². The number of nitrogens with one attached hydrogen (secondary N) is 1. The maximum absolute atomic E-state index is 12.8. The minimum atomic E-state index is -3.33. The third-order valence-electron chi connectivity index (χ3n) is 5.79. The Morgan fingerprint density at radius 3 is 2.59 bits per heavy atom. The van der Waals surface area contributed by atoms with Crippen LogP contribution < -0.4 is 5.32 Å². The Morgan fingerprint density at radius 1 is 1.09 bits per heavy atom. The zero-order chi connectivity index (χ0) is 22.8. The molecule has 1 heterocycles. The zero-order valence-electron chi connectivity index (χ0n) is 18.8. The van der Waals surface area contributed by atoms with Crippen LogP contribution in [0.2, 0.25) is 0 Å². The van der Waals surface area contributed by atoms with Crippen molar-refractivity contribution in [3.05, 3.63) is 71.3 Å². The van der Waals surface area contributed by atoms with Gasteiger partial charge in [-0.3, -0.25) is 4.79 Å². The summed E-state index contributed by atoms with van der Waals surface area (Å²) in [6, 6.07) is 18.4. The third-order valence-corrected chi connectivity index (χ3v) is 8.75. The van der Waals surface area contributed by atoms with Crippen LogP contribution in [0.1, 0.15) is 36.0 Å². The van der Waals surface area contributed by atoms with Crippen LogP contribution >= 0.6 is 11.8 Å². The lowest BCUT2D eigenvalue weighted by Gasteiger charge is -2.31. The minimum Gasteiger partial charge on any atom is -0.355 e. The van der Waals surface area contributed by atoms with Crippen molar-refractivity contribution in [1.29, 1.82) is 0 Å². The summed E-state index contributed by atoms with van der Waals surface area (Å²) in [6.45, 7) is 3.50. The third kappa shape index (κ3) is 7.94. The van der Waals surface area contributed by atoms with Crippen molar-refractivity contribution in [3.8, 4) is 0 Å². The van der Waals surface area contributed by atoms with E-state index in [0.717, 1.165) is 36.3 Å². The fourth-order valence-corrected chi connectivity index (χ4v) is 6.31. The number of benzene rings is 2. The van der Waals surface area contributed by atoms with Gasteiger partial charge in [-0.2, -0.15) is 11.8 Å². The van der Waals surface area contributed by atoms with Crippen molar-refractivity contribution in [1.82, 2.24) is 9.62 Å². The highest BCUT2D eigenvalue weighted by Crippen LogP contribution is 2.21. The first kappa shape index (κ1) is 24.8. The van der Waals surface area contributed by atoms with Crippen molar-refractivity contribution in [2.45, 2.75) is 38.4 Å². The SMILES string of the molecule is Cc1ccc(CSCCNC(=O)[C@@H]2CCCN(S(=O)(=O)CCCc3ccccc3)C2)cc1. The normalized spacial score (nSPS) is 17.2. The Morgan fingerprint density at radius 2 is 1.84 bits per heavy atom. The minimum absolute atomic E-state index is 0.0230. The predicted octanol–water partition coefficient (Wildman–Crippen LogP) is 4.02. The number of hydrogen-bond donors (Lipinski definition) is 1. The average molecular weight is 475 g/mol. The van der Waals surface area contributed by atoms with Gasteiger partial charge >= 0.3 is 0 Å². The number of sulfonamides is 1. The molecule has 2 aromatic rings. The van der Waals surface area contributed by atoms with Crippen LogP contribution in [0.4, 0.5) is 0 Å². The second kappa shape index (κ2) is 12.4. The molecule has 1 aliphatic heterocycles. The summed E-state index contributed by atoms with van der Waals surface area (Å²) in [5, 5.41) is 3.00. The molecule has 2 aromatic carbocycles. The Kier molecular flexibility index (Phi) is 9.63. The summed E-state index contributed by atoms with van der Waals surface area (Å²) in [4.78, 5) is 12.6. The van der Waals surface area contributed by atoms with E-state index in [9.17, 15) is 13.2 Å². The molecule has 1 N–H and O–H groups in total. The predicted molar refractivity (Wildman–Crippen MR) is 133 cm³/mol. The highest BCUT2D eigenvalue weighted by Gasteiger charge is 2.31. The number of amides is 1. The van der Waals surface area contributed by atoms with E-state index < -0.39 is 10.0 Å². The van der Waals surface area contributed by atoms with Gasteiger partial charge in [0.2, 0.25) is 15.9 Å². The number of thioether (sulfide) groups is 1. The highest BCUT2D eigenvalue weighted by atomic mass is 32.2. The van der Waals surface area contributed by atoms with Gasteiger partial charge in [0.15, 0.2) is 0 Å². The number of aryl methyl sites for hydroxylation is 2. The van der Waals surface area contributed by atoms with Crippen LogP contribution in [-0.4, -0.2) is 49.8 Å². The topological polar surface area (TPSA) is 66.5 Å². The molecular weight excluding hydrogens is 440 g/mol. The highest BCUT2D eigenvalue weighted by molar-refractivity contribution is 7.98. The Hall–Kier alpha value is -1.83. The molecule has 0 spiro atoms. The van der Waals surface area contributed by atoms with Gasteiger partial charge in [0.25, 0.3) is 0 Å². The molecule has 1 amide bonds. The maximum atomic E-state index is 12.8. The Labute approximate surface area is 197 Å². The largest absolute Gasteiger partial charge is 0.355 e. The van der Waals surface area contributed by atoms with Crippen molar-refractivity contribution < 1.29 is 13.2 Å². The van der Waals surface area contributed by atoms with Gasteiger partial charge in [-0.1, -0.05) is 60.2 Å². The lowest BCUT2D eigenvalue weighted by molar-refractivity contribution is -0.125. The van der Waals surface area contributed by atoms with E-state index in [2.05, 4.69) is 36.5 Å². The summed E-state index contributed by atoms with van der Waals surface area (Å²) in [5.41, 5.74) is 3.69. The molecule has 1 aliphatic rings. The molecule has 5 nitrogen and oxygen atoms in total. The first-order valence-corrected chi connectivity index (χ1v) is 14.1. The fraction of sp³-hybridized carbons (Fsp3) is 0.480. The second-order valence-corrected chi connectivity index (χ2v) is 11.6. The van der Waals surface area contributed by atoms with E-state index in [1.54, 1.807) is 11.8 Å². The van der Waals surface area contributed by atoms with E-state index in [1.165, 1.54) is 15.4 Å². The van der Waals surface area contributed by atoms with E-state index in [0.29, 0.717) is 26.1 Å². The monoisotopic (exact) mass is 474 g/mol. The molecule has 0 saturated carbocycles. The molecule has 1 saturated heterocycles. The van der Waals surface area contributed by atoms with E-state index in [-0.39, 0.29) is 17.6 Å². The van der Waals surface area contributed by atoms with Gasteiger partial charge in [-0.05, 0) is 43.7 Å². The average Bonchev–Trinajstić information content (AvgIpc) is 2.80. The number of rotatable bonds is 11. The molecule has 32 heavy (non-hydrogen) atoms. The first-order chi connectivity index (χ1) is 15.4. The summed E-state index contributed by atoms with van der Waals surface area (Å²) < 4.78 is 27.1. The molecular formula is C25H34N2O3S2. The number of hydrogen-bond acceptors (Lipinski definition) is 4. The molecule has 1 fully saturated rings. The van der Waals surface area contributed by atoms with Crippen molar-refractivity contribution in [3.63, 3.8) is 0 Å². The van der Waals surface area contributed by atoms with Crippen molar-refractivity contribution in [2.24, 2.45) is 5.92 Å². The summed E-state index contributed by atoms with van der Waals surface area (Å²) >= 11 is 1.79. The lowest BCUT2D eigenvalue weighted by atomic mass is 9.99. The van der Waals surface area contributed by atoms with Crippen LogP contribution in [0.3, 0.4) is 0 Å². The number of piperidine rings is 1. The number of carbonyl (C=O) groups excluding carboxylic acids is 1. The van der Waals surface area contributed by atoms with Crippen LogP contribution in [0.5, 0.6) is 0 Å². The van der Waals surface area contributed by atoms with Gasteiger partial charge < -0.3 is 5.32 Å². The smallest absolute Gasteiger partial charge is 0.224 e. The fourth-order valence-electron chi connectivity index (χ4n) is 3.91. The van der Waals surface area contributed by atoms with Crippen LogP contribution in [0.15, 0.2) is 54.6 Å². The molecule has 7 heteroatoms. The molecule has 1 atom stereocenters. The molecule has 174 valence electrons. The Balaban J connectivity index is 1.37. The quantitative estimate of drug-likeness (QED) is 0.500. The summed E-state index contributed by atoms with van der Waals surface area (Å²) in [5.74, 6) is 1.62. The molecule has 0 aliphatic carbocycles. The van der Waals surface area contributed by atoms with E-state index >= 15 is 0 Å². The summed E-state index contributed by atoms with van der Waals surface area (Å²) in [6.07, 6.45) is 2.83. The molecule has 0 bridgehead atoms. The Bertz CT molecular complexity index is 947. The molecule has 3 rings (SSSR count). The molecule has 0 aromatic heterocycles. The van der Waals surface area contributed by atoms with Gasteiger partial charge in [-0.25, -0.2) is 12.7 Å². The van der Waals surface area contributed by atoms with Crippen LogP contribution in [0, 0.1) is 12.8 Å². The van der Waals surface area contributed by atoms with Crippen LogP contribution in [-0.2, 0) is 27.0 Å². The van der Waals surface area contributed by atoms with Gasteiger partial charge in [-0.15, -0.1) is 0 Å². The van der Waals surface area contributed by atoms with E-state index in [4.69, 9.17) is 0 Å². The molecule has 0 unspecified atom stereocenters. The van der Waals surface area contributed by atoms with Gasteiger partial charge in [0.05, 0.1) is 11.7 Å². The second-order valence-electron chi connectivity index (χ2n) is 8.43. The lowest BCUT2D eigenvalue weighted by Crippen LogP contribution is -2.46. The number of nitrogens with zero attached hydrogens (tertiary/aromatic N) is 1. The van der Waals surface area contributed by atoms with Gasteiger partial charge in [0, 0.05) is 31.1 Å². The maximum Gasteiger partial charge on any atom is 0.224 e. The zero-order valence-corrected chi connectivity index (χ0v) is 20.5. The molecule has 0 radical (unpaired) electrons. The van der Waals surface area contributed by atoms with E-state index in [1.807, 2.05) is 30.3 Å². The summed E-state index contributed by atoms with van der Waals surface area (Å²) in [7, 11) is -3.33. The van der Waals surface area contributed by atoms with Gasteiger partial charge in [0.1, 0.15) is 0 Å². The first-order valence-electron chi connectivity index (χ1n) is 11.4. The number of carbonyl (C=O) groups is 1. The standard InChI is InChI=1S/C25H34N2O3S2/c1-21-11-13-23(14-12-21)20-31-17-15-26-25(28)24-10-5-16-27(19-24)32(29,30)18-6-9-22-7-3-2-4-8-22/h2-4,7-8,11-14,24H,5-6,9-10,15-20H2,1H3,(H,26,28)/t24-/m1/s1.